The second kappa shape index (κ2) is 5.92. The zero-order valence-electron chi connectivity index (χ0n) is 10.6. The van der Waals surface area contributed by atoms with Crippen LogP contribution in [0, 0.1) is 13.8 Å². The molecular weight excluding hydrogens is 312 g/mol. The molecule has 0 aromatic carbocycles. The van der Waals surface area contributed by atoms with E-state index in [4.69, 9.17) is 4.52 Å². The Labute approximate surface area is 118 Å². The maximum Gasteiger partial charge on any atom is 0.246 e. The van der Waals surface area contributed by atoms with Gasteiger partial charge < -0.3 is 9.84 Å². The maximum atomic E-state index is 11.8. The molecule has 2 rings (SSSR count). The highest BCUT2D eigenvalue weighted by Crippen LogP contribution is 2.12. The first-order valence-electron chi connectivity index (χ1n) is 5.72. The first kappa shape index (κ1) is 13.7. The van der Waals surface area contributed by atoms with E-state index in [9.17, 15) is 4.79 Å². The minimum absolute atomic E-state index is 0.138. The summed E-state index contributed by atoms with van der Waals surface area (Å²) in [4.78, 5) is 20.1. The van der Waals surface area contributed by atoms with E-state index in [1.165, 1.54) is 0 Å². The summed E-state index contributed by atoms with van der Waals surface area (Å²) in [6.07, 6.45) is 0.216. The molecule has 0 aliphatic heterocycles. The number of aryl methyl sites for hydroxylation is 2. The van der Waals surface area contributed by atoms with Crippen LogP contribution in [0.3, 0.4) is 0 Å². The Morgan fingerprint density at radius 1 is 1.37 bits per heavy atom. The molecule has 0 saturated heterocycles. The number of nitrogens with one attached hydrogen (secondary N) is 1. The molecule has 19 heavy (non-hydrogen) atoms. The highest BCUT2D eigenvalue weighted by Gasteiger charge is 2.08. The van der Waals surface area contributed by atoms with Gasteiger partial charge in [-0.15, -0.1) is 0 Å². The average Bonchev–Trinajstić information content (AvgIpc) is 2.71. The zero-order chi connectivity index (χ0) is 13.8. The minimum atomic E-state index is -0.138. The molecule has 0 aliphatic rings. The van der Waals surface area contributed by atoms with Crippen LogP contribution in [0.2, 0.25) is 0 Å². The fourth-order valence-electron chi connectivity index (χ4n) is 1.60. The number of hydrogen-bond donors (Lipinski definition) is 1. The summed E-state index contributed by atoms with van der Waals surface area (Å²) in [7, 11) is 0. The van der Waals surface area contributed by atoms with Crippen LogP contribution in [0.4, 0.5) is 0 Å². The number of carbonyl (C=O) groups is 1. The van der Waals surface area contributed by atoms with Crippen molar-refractivity contribution in [3.63, 3.8) is 0 Å². The number of amides is 1. The normalized spacial score (nSPS) is 10.5. The number of halogens is 1. The van der Waals surface area contributed by atoms with Gasteiger partial charge >= 0.3 is 0 Å². The van der Waals surface area contributed by atoms with Crippen molar-refractivity contribution >= 4 is 21.8 Å². The average molecular weight is 325 g/mol. The number of aromatic nitrogens is 3. The van der Waals surface area contributed by atoms with Gasteiger partial charge in [-0.25, -0.2) is 0 Å². The summed E-state index contributed by atoms with van der Waals surface area (Å²) >= 11 is 3.38. The number of carbonyl (C=O) groups excluding carboxylic acids is 1. The molecule has 1 N–H and O–H groups in total. The highest BCUT2D eigenvalue weighted by molar-refractivity contribution is 9.10. The molecule has 6 nitrogen and oxygen atoms in total. The van der Waals surface area contributed by atoms with Gasteiger partial charge in [-0.05, 0) is 26.0 Å². The van der Waals surface area contributed by atoms with Gasteiger partial charge in [-0.1, -0.05) is 21.1 Å². The fraction of sp³-hybridized carbons (Fsp3) is 0.333. The zero-order valence-corrected chi connectivity index (χ0v) is 12.2. The molecule has 2 aromatic heterocycles. The van der Waals surface area contributed by atoms with Crippen molar-refractivity contribution in [2.24, 2.45) is 0 Å². The molecule has 1 amide bonds. The number of rotatable bonds is 4. The molecule has 7 heteroatoms. The summed E-state index contributed by atoms with van der Waals surface area (Å²) < 4.78 is 5.82. The van der Waals surface area contributed by atoms with Crippen LogP contribution in [0.1, 0.15) is 23.1 Å². The van der Waals surface area contributed by atoms with E-state index in [1.807, 2.05) is 19.1 Å². The van der Waals surface area contributed by atoms with Crippen molar-refractivity contribution in [1.82, 2.24) is 20.4 Å². The molecule has 0 bridgehead atoms. The Kier molecular flexibility index (Phi) is 4.26. The lowest BCUT2D eigenvalue weighted by atomic mass is 10.2. The second-order valence-electron chi connectivity index (χ2n) is 4.11. The number of hydrogen-bond acceptors (Lipinski definition) is 5. The van der Waals surface area contributed by atoms with Crippen LogP contribution in [0.25, 0.3) is 0 Å². The Balaban J connectivity index is 1.90. The predicted octanol–water partition coefficient (Wildman–Crippen LogP) is 1.70. The Morgan fingerprint density at radius 3 is 2.79 bits per heavy atom. The molecule has 100 valence electrons. The topological polar surface area (TPSA) is 80.9 Å². The van der Waals surface area contributed by atoms with E-state index in [0.717, 1.165) is 10.2 Å². The van der Waals surface area contributed by atoms with Gasteiger partial charge in [0.1, 0.15) is 0 Å². The Hall–Kier alpha value is -1.76. The number of pyridine rings is 1. The minimum Gasteiger partial charge on any atom is -0.347 e. The summed E-state index contributed by atoms with van der Waals surface area (Å²) in [5.74, 6) is 0.804. The summed E-state index contributed by atoms with van der Waals surface area (Å²) in [6, 6.07) is 3.71. The van der Waals surface area contributed by atoms with E-state index in [-0.39, 0.29) is 18.9 Å². The van der Waals surface area contributed by atoms with E-state index in [2.05, 4.69) is 36.4 Å². The fourth-order valence-corrected chi connectivity index (χ4v) is 2.19. The third kappa shape index (κ3) is 4.13. The molecule has 0 spiro atoms. The van der Waals surface area contributed by atoms with Crippen LogP contribution in [-0.2, 0) is 17.8 Å². The van der Waals surface area contributed by atoms with Gasteiger partial charge in [0.05, 0.1) is 18.7 Å². The van der Waals surface area contributed by atoms with Crippen molar-refractivity contribution < 1.29 is 9.32 Å². The van der Waals surface area contributed by atoms with Gasteiger partial charge in [0.25, 0.3) is 0 Å². The lowest BCUT2D eigenvalue weighted by molar-refractivity contribution is -0.120. The third-order valence-electron chi connectivity index (χ3n) is 2.32. The van der Waals surface area contributed by atoms with Crippen molar-refractivity contribution in [3.8, 4) is 0 Å². The second-order valence-corrected chi connectivity index (χ2v) is 5.02. The monoisotopic (exact) mass is 324 g/mol. The molecule has 0 saturated carbocycles. The van der Waals surface area contributed by atoms with Gasteiger partial charge in [0, 0.05) is 10.2 Å². The quantitative estimate of drug-likeness (QED) is 0.925. The van der Waals surface area contributed by atoms with Crippen molar-refractivity contribution in [2.75, 3.05) is 0 Å². The van der Waals surface area contributed by atoms with Gasteiger partial charge in [-0.2, -0.15) is 4.98 Å². The molecule has 0 aliphatic carbocycles. The van der Waals surface area contributed by atoms with Crippen LogP contribution in [0.5, 0.6) is 0 Å². The molecule has 0 fully saturated rings. The molecule has 0 atom stereocenters. The van der Waals surface area contributed by atoms with E-state index in [1.54, 1.807) is 6.92 Å². The number of nitrogens with zero attached hydrogens (tertiary/aromatic N) is 3. The summed E-state index contributed by atoms with van der Waals surface area (Å²) in [5.41, 5.74) is 1.58. The summed E-state index contributed by atoms with van der Waals surface area (Å²) in [6.45, 7) is 3.84. The van der Waals surface area contributed by atoms with Crippen LogP contribution >= 0.6 is 15.9 Å². The lowest BCUT2D eigenvalue weighted by Gasteiger charge is -2.04. The summed E-state index contributed by atoms with van der Waals surface area (Å²) in [5, 5.41) is 6.35. The van der Waals surface area contributed by atoms with Gasteiger partial charge in [0.2, 0.25) is 11.8 Å². The largest absolute Gasteiger partial charge is 0.347 e. The Bertz CT molecular complexity index is 577. The molecule has 2 aromatic rings. The molecular formula is C12H13BrN4O2. The first-order chi connectivity index (χ1) is 9.02. The van der Waals surface area contributed by atoms with E-state index in [0.29, 0.717) is 17.4 Å². The van der Waals surface area contributed by atoms with Crippen LogP contribution in [-0.4, -0.2) is 21.0 Å². The van der Waals surface area contributed by atoms with E-state index >= 15 is 0 Å². The van der Waals surface area contributed by atoms with Gasteiger partial charge in [0.15, 0.2) is 5.82 Å². The molecule has 2 heterocycles. The highest BCUT2D eigenvalue weighted by atomic mass is 79.9. The van der Waals surface area contributed by atoms with Gasteiger partial charge in [-0.3, -0.25) is 9.78 Å². The maximum absolute atomic E-state index is 11.8. The van der Waals surface area contributed by atoms with Crippen molar-refractivity contribution in [1.29, 1.82) is 0 Å². The lowest BCUT2D eigenvalue weighted by Crippen LogP contribution is -2.25. The van der Waals surface area contributed by atoms with E-state index < -0.39 is 0 Å². The first-order valence-corrected chi connectivity index (χ1v) is 6.51. The standard InChI is InChI=1S/C12H13BrN4O2/c1-7-3-9(13)4-10(15-7)5-11(18)14-6-12-16-8(2)17-19-12/h3-4H,5-6H2,1-2H3,(H,14,18). The van der Waals surface area contributed by atoms with Crippen molar-refractivity contribution in [2.45, 2.75) is 26.8 Å². The van der Waals surface area contributed by atoms with Crippen molar-refractivity contribution in [3.05, 3.63) is 39.7 Å². The molecule has 0 unspecified atom stereocenters. The SMILES string of the molecule is Cc1cc(Br)cc(CC(=O)NCc2nc(C)no2)n1. The third-order valence-corrected chi connectivity index (χ3v) is 2.78. The Morgan fingerprint density at radius 2 is 2.16 bits per heavy atom. The van der Waals surface area contributed by atoms with Crippen LogP contribution < -0.4 is 5.32 Å². The smallest absolute Gasteiger partial charge is 0.246 e. The van der Waals surface area contributed by atoms with Crippen LogP contribution in [0.15, 0.2) is 21.1 Å². The molecule has 0 radical (unpaired) electrons. The predicted molar refractivity (Wildman–Crippen MR) is 71.3 cm³/mol.